The van der Waals surface area contributed by atoms with E-state index in [0.29, 0.717) is 0 Å². The smallest absolute Gasteiger partial charge is 0.126 e. The van der Waals surface area contributed by atoms with Crippen molar-refractivity contribution in [2.45, 2.75) is 4.90 Å². The van der Waals surface area contributed by atoms with Gasteiger partial charge < -0.3 is 4.74 Å². The Balaban J connectivity index is 1.89. The minimum absolute atomic E-state index is 0.748. The molecule has 0 radical (unpaired) electrons. The van der Waals surface area contributed by atoms with Crippen LogP contribution in [-0.4, -0.2) is 7.11 Å². The molecule has 0 amide bonds. The Morgan fingerprint density at radius 1 is 0.667 bits per heavy atom. The van der Waals surface area contributed by atoms with Gasteiger partial charge in [0.05, 0.1) is 7.11 Å². The van der Waals surface area contributed by atoms with E-state index in [4.69, 9.17) is 4.74 Å². The summed E-state index contributed by atoms with van der Waals surface area (Å²) in [6.45, 7) is 0. The molecule has 0 aromatic heterocycles. The van der Waals surface area contributed by atoms with Crippen LogP contribution in [0.3, 0.4) is 0 Å². The van der Waals surface area contributed by atoms with Crippen molar-refractivity contribution in [2.24, 2.45) is 0 Å². The van der Waals surface area contributed by atoms with E-state index in [2.05, 4.69) is 109 Å². The predicted molar refractivity (Wildman–Crippen MR) is 132 cm³/mol. The third-order valence-corrected chi connectivity index (χ3v) is 8.26. The summed E-state index contributed by atoms with van der Waals surface area (Å²) in [5.41, 5.74) is 1.14. The van der Waals surface area contributed by atoms with Crippen LogP contribution in [0.2, 0.25) is 0 Å². The highest BCUT2D eigenvalue weighted by Gasteiger charge is 2.22. The van der Waals surface area contributed by atoms with Crippen LogP contribution >= 0.6 is 19.7 Å². The molecule has 0 aliphatic heterocycles. The molecule has 0 atom stereocenters. The molecule has 0 fully saturated rings. The minimum atomic E-state index is -0.748. The molecule has 0 heterocycles. The second kappa shape index (κ2) is 10.3. The van der Waals surface area contributed by atoms with Gasteiger partial charge in [0, 0.05) is 15.8 Å². The van der Waals surface area contributed by atoms with Crippen LogP contribution in [0.5, 0.6) is 5.75 Å². The van der Waals surface area contributed by atoms with Gasteiger partial charge in [-0.05, 0) is 42.1 Å². The Hall–Kier alpha value is -2.80. The first-order valence-electron chi connectivity index (χ1n) is 9.82. The van der Waals surface area contributed by atoms with Gasteiger partial charge in [-0.15, -0.1) is 0 Å². The van der Waals surface area contributed by atoms with Crippen LogP contribution in [0.1, 0.15) is 5.56 Å². The number of ether oxygens (including phenoxy) is 1. The molecule has 3 heteroatoms. The molecule has 0 saturated carbocycles. The Kier molecular flexibility index (Phi) is 7.03. The zero-order valence-corrected chi connectivity index (χ0v) is 18.5. The minimum Gasteiger partial charge on any atom is -0.496 e. The van der Waals surface area contributed by atoms with E-state index < -0.39 is 7.92 Å². The zero-order chi connectivity index (χ0) is 20.6. The molecule has 0 aliphatic carbocycles. The first kappa shape index (κ1) is 20.5. The summed E-state index contributed by atoms with van der Waals surface area (Å²) in [7, 11) is 0.996. The third-order valence-electron chi connectivity index (χ3n) is 4.70. The molecule has 148 valence electrons. The molecule has 0 unspecified atom stereocenters. The van der Waals surface area contributed by atoms with Crippen molar-refractivity contribution in [3.05, 3.63) is 126 Å². The van der Waals surface area contributed by atoms with Gasteiger partial charge in [0.1, 0.15) is 5.75 Å². The number of para-hydroxylation sites is 1. The first-order chi connectivity index (χ1) is 14.9. The summed E-state index contributed by atoms with van der Waals surface area (Å²) in [5.74, 6) is 0.900. The molecule has 0 aliphatic rings. The van der Waals surface area contributed by atoms with Crippen LogP contribution in [0, 0.1) is 0 Å². The summed E-state index contributed by atoms with van der Waals surface area (Å²) in [6, 6.07) is 40.4. The largest absolute Gasteiger partial charge is 0.496 e. The lowest BCUT2D eigenvalue weighted by Crippen LogP contribution is -2.12. The van der Waals surface area contributed by atoms with Crippen LogP contribution in [0.25, 0.3) is 5.31 Å². The normalized spacial score (nSPS) is 11.5. The Morgan fingerprint density at radius 2 is 1.17 bits per heavy atom. The summed E-state index contributed by atoms with van der Waals surface area (Å²) >= 11 is 1.76. The highest BCUT2D eigenvalue weighted by Crippen LogP contribution is 2.52. The second-order valence-corrected chi connectivity index (χ2v) is 9.77. The van der Waals surface area contributed by atoms with Gasteiger partial charge in [0.2, 0.25) is 0 Å². The lowest BCUT2D eigenvalue weighted by Gasteiger charge is -2.24. The van der Waals surface area contributed by atoms with E-state index in [-0.39, 0.29) is 0 Å². The summed E-state index contributed by atoms with van der Waals surface area (Å²) in [4.78, 5) is 1.22. The van der Waals surface area contributed by atoms with Gasteiger partial charge in [-0.25, -0.2) is 0 Å². The second-order valence-electron chi connectivity index (χ2n) is 6.64. The highest BCUT2D eigenvalue weighted by molar-refractivity contribution is 8.03. The molecule has 0 bridgehead atoms. The SMILES string of the molecule is COc1ccccc1/C(=C\Sc1ccccc1)P(c1ccccc1)c1ccccc1. The van der Waals surface area contributed by atoms with Crippen LogP contribution in [0.4, 0.5) is 0 Å². The van der Waals surface area contributed by atoms with Crippen molar-refractivity contribution < 1.29 is 4.74 Å². The summed E-state index contributed by atoms with van der Waals surface area (Å²) in [5, 5.41) is 6.24. The van der Waals surface area contributed by atoms with Gasteiger partial charge in [0.15, 0.2) is 0 Å². The number of hydrogen-bond acceptors (Lipinski definition) is 2. The van der Waals surface area contributed by atoms with Crippen LogP contribution in [-0.2, 0) is 0 Å². The Labute approximate surface area is 184 Å². The molecule has 4 rings (SSSR count). The van der Waals surface area contributed by atoms with Crippen molar-refractivity contribution >= 4 is 35.6 Å². The van der Waals surface area contributed by atoms with E-state index in [0.717, 1.165) is 11.3 Å². The maximum absolute atomic E-state index is 5.76. The number of benzene rings is 4. The predicted octanol–water partition coefficient (Wildman–Crippen LogP) is 6.92. The molecule has 1 nitrogen and oxygen atoms in total. The van der Waals surface area contributed by atoms with E-state index >= 15 is 0 Å². The maximum Gasteiger partial charge on any atom is 0.126 e. The number of thioether (sulfide) groups is 1. The molecular weight excluding hydrogens is 403 g/mol. The molecule has 0 saturated heterocycles. The van der Waals surface area contributed by atoms with Gasteiger partial charge >= 0.3 is 0 Å². The summed E-state index contributed by atoms with van der Waals surface area (Å²) in [6.07, 6.45) is 0. The Bertz CT molecular complexity index is 1060. The summed E-state index contributed by atoms with van der Waals surface area (Å²) < 4.78 is 5.76. The molecule has 4 aromatic carbocycles. The van der Waals surface area contributed by atoms with Crippen molar-refractivity contribution in [3.63, 3.8) is 0 Å². The standard InChI is InChI=1S/C27H23OPS/c1-28-26-20-12-11-19-25(26)27(21-30-24-17-9-4-10-18-24)29(22-13-5-2-6-14-22)23-15-7-3-8-16-23/h2-21H,1H3/b27-21+. The average molecular weight is 427 g/mol. The number of hydrogen-bond donors (Lipinski definition) is 0. The molecule has 0 spiro atoms. The average Bonchev–Trinajstić information content (AvgIpc) is 2.83. The fraction of sp³-hybridized carbons (Fsp3) is 0.0370. The van der Waals surface area contributed by atoms with Gasteiger partial charge in [-0.2, -0.15) is 0 Å². The Morgan fingerprint density at radius 3 is 1.73 bits per heavy atom. The maximum atomic E-state index is 5.76. The molecule has 0 N–H and O–H groups in total. The number of rotatable bonds is 7. The van der Waals surface area contributed by atoms with Crippen molar-refractivity contribution in [1.29, 1.82) is 0 Å². The van der Waals surface area contributed by atoms with Gasteiger partial charge in [-0.1, -0.05) is 109 Å². The van der Waals surface area contributed by atoms with Gasteiger partial charge in [-0.3, -0.25) is 0 Å². The fourth-order valence-corrected chi connectivity index (χ4v) is 6.79. The first-order valence-corrected chi connectivity index (χ1v) is 12.0. The van der Waals surface area contributed by atoms with Crippen LogP contribution < -0.4 is 15.3 Å². The molecule has 4 aromatic rings. The lowest BCUT2D eigenvalue weighted by atomic mass is 10.2. The molecule has 30 heavy (non-hydrogen) atoms. The monoisotopic (exact) mass is 426 g/mol. The third kappa shape index (κ3) is 4.84. The fourth-order valence-electron chi connectivity index (χ4n) is 3.30. The van der Waals surface area contributed by atoms with E-state index in [1.807, 2.05) is 12.1 Å². The highest BCUT2D eigenvalue weighted by atomic mass is 32.2. The zero-order valence-electron chi connectivity index (χ0n) is 16.8. The van der Waals surface area contributed by atoms with Crippen LogP contribution in [0.15, 0.2) is 126 Å². The van der Waals surface area contributed by atoms with E-state index in [1.54, 1.807) is 18.9 Å². The van der Waals surface area contributed by atoms with Gasteiger partial charge in [0.25, 0.3) is 0 Å². The quantitative estimate of drug-likeness (QED) is 0.234. The van der Waals surface area contributed by atoms with E-state index in [1.165, 1.54) is 20.8 Å². The molecular formula is C27H23OPS. The van der Waals surface area contributed by atoms with Crippen molar-refractivity contribution in [2.75, 3.05) is 7.11 Å². The van der Waals surface area contributed by atoms with Crippen molar-refractivity contribution in [3.8, 4) is 5.75 Å². The van der Waals surface area contributed by atoms with E-state index in [9.17, 15) is 0 Å². The van der Waals surface area contributed by atoms with Crippen molar-refractivity contribution in [1.82, 2.24) is 0 Å². The topological polar surface area (TPSA) is 9.23 Å². The lowest BCUT2D eigenvalue weighted by molar-refractivity contribution is 0.414. The number of methoxy groups -OCH3 is 1.